The number of urea groups is 1. The molecular formula is C24H32FN5O4. The second-order valence-corrected chi connectivity index (χ2v) is 9.19. The number of aromatic nitrogens is 1. The Morgan fingerprint density at radius 2 is 1.91 bits per heavy atom. The third-order valence-corrected chi connectivity index (χ3v) is 5.55. The molecule has 34 heavy (non-hydrogen) atoms. The molecule has 10 heteroatoms. The fourth-order valence-corrected chi connectivity index (χ4v) is 4.01. The molecule has 0 saturated carbocycles. The first-order valence-corrected chi connectivity index (χ1v) is 11.1. The van der Waals surface area contributed by atoms with Crippen molar-refractivity contribution >= 4 is 23.4 Å². The molecule has 0 bridgehead atoms. The van der Waals surface area contributed by atoms with Crippen LogP contribution in [0.5, 0.6) is 0 Å². The highest BCUT2D eigenvalue weighted by atomic mass is 19.1. The van der Waals surface area contributed by atoms with Gasteiger partial charge < -0.3 is 25.6 Å². The van der Waals surface area contributed by atoms with E-state index >= 15 is 0 Å². The zero-order valence-corrected chi connectivity index (χ0v) is 19.8. The number of benzene rings is 1. The highest BCUT2D eigenvalue weighted by Crippen LogP contribution is 2.27. The average Bonchev–Trinajstić information content (AvgIpc) is 2.71. The van der Waals surface area contributed by atoms with Gasteiger partial charge in [-0.2, -0.15) is 0 Å². The molecule has 1 saturated heterocycles. The first kappa shape index (κ1) is 25.4. The second-order valence-electron chi connectivity index (χ2n) is 9.19. The van der Waals surface area contributed by atoms with Crippen LogP contribution in [0.1, 0.15) is 57.7 Å². The van der Waals surface area contributed by atoms with Crippen LogP contribution in [-0.4, -0.2) is 45.9 Å². The van der Waals surface area contributed by atoms with E-state index in [0.29, 0.717) is 24.0 Å². The molecule has 2 unspecified atom stereocenters. The summed E-state index contributed by atoms with van der Waals surface area (Å²) in [7, 11) is 0. The maximum absolute atomic E-state index is 13.3. The van der Waals surface area contributed by atoms with Gasteiger partial charge in [0, 0.05) is 30.8 Å². The summed E-state index contributed by atoms with van der Waals surface area (Å²) in [5, 5.41) is 24.0. The predicted molar refractivity (Wildman–Crippen MR) is 127 cm³/mol. The Kier molecular flexibility index (Phi) is 7.73. The molecule has 1 aliphatic rings. The molecule has 3 rings (SSSR count). The van der Waals surface area contributed by atoms with Gasteiger partial charge in [-0.05, 0) is 45.4 Å². The summed E-state index contributed by atoms with van der Waals surface area (Å²) in [5.41, 5.74) is 5.86. The number of ether oxygens (including phenoxy) is 2. The fourth-order valence-electron chi connectivity index (χ4n) is 4.01. The van der Waals surface area contributed by atoms with Crippen molar-refractivity contribution in [3.05, 3.63) is 53.5 Å². The summed E-state index contributed by atoms with van der Waals surface area (Å²) in [6.45, 7) is 7.01. The molecule has 1 aromatic heterocycles. The number of hydrogen-bond donors (Lipinski definition) is 5. The minimum Gasteiger partial charge on any atom is -0.474 e. The van der Waals surface area contributed by atoms with Crippen LogP contribution in [0, 0.1) is 11.2 Å². The number of nitrogens with one attached hydrogen (secondary N) is 3. The molecule has 0 radical (unpaired) electrons. The van der Waals surface area contributed by atoms with Crippen LogP contribution in [0.3, 0.4) is 0 Å². The van der Waals surface area contributed by atoms with Crippen molar-refractivity contribution in [2.45, 2.75) is 70.5 Å². The second kappa shape index (κ2) is 10.4. The minimum absolute atomic E-state index is 0.0461. The van der Waals surface area contributed by atoms with Crippen LogP contribution in [0.4, 0.5) is 20.7 Å². The van der Waals surface area contributed by atoms with Crippen molar-refractivity contribution in [3.8, 4) is 0 Å². The highest BCUT2D eigenvalue weighted by molar-refractivity contribution is 5.98. The lowest BCUT2D eigenvalue weighted by Gasteiger charge is -2.32. The zero-order chi connectivity index (χ0) is 25.0. The van der Waals surface area contributed by atoms with Gasteiger partial charge >= 0.3 is 6.03 Å². The van der Waals surface area contributed by atoms with Gasteiger partial charge in [0.1, 0.15) is 17.7 Å². The number of nitrogens with zero attached hydrogens (tertiary/aromatic N) is 1. The topological polar surface area (TPSA) is 143 Å². The maximum atomic E-state index is 13.3. The maximum Gasteiger partial charge on any atom is 0.320 e. The van der Waals surface area contributed by atoms with Crippen LogP contribution in [0.2, 0.25) is 0 Å². The lowest BCUT2D eigenvalue weighted by atomic mass is 9.92. The lowest BCUT2D eigenvalue weighted by molar-refractivity contribution is -0.0752. The molecule has 184 valence electrons. The van der Waals surface area contributed by atoms with E-state index < -0.39 is 23.5 Å². The van der Waals surface area contributed by atoms with Crippen molar-refractivity contribution in [2.24, 2.45) is 0 Å². The molecule has 3 atom stereocenters. The zero-order valence-electron chi connectivity index (χ0n) is 19.8. The van der Waals surface area contributed by atoms with Crippen LogP contribution in [0.15, 0.2) is 36.5 Å². The summed E-state index contributed by atoms with van der Waals surface area (Å²) in [5.74, 6) is -0.350. The third kappa shape index (κ3) is 6.64. The number of pyridine rings is 1. The number of carbonyl (C=O) groups excluding carboxylic acids is 1. The lowest BCUT2D eigenvalue weighted by Crippen LogP contribution is -2.44. The van der Waals surface area contributed by atoms with Crippen LogP contribution in [-0.2, 0) is 9.47 Å². The van der Waals surface area contributed by atoms with Crippen LogP contribution >= 0.6 is 0 Å². The van der Waals surface area contributed by atoms with Crippen molar-refractivity contribution in [3.63, 3.8) is 0 Å². The van der Waals surface area contributed by atoms with Gasteiger partial charge in [-0.15, -0.1) is 0 Å². The normalized spacial score (nSPS) is 21.4. The summed E-state index contributed by atoms with van der Waals surface area (Å²) in [4.78, 5) is 16.8. The molecule has 2 aromatic rings. The Hall–Kier alpha value is -3.24. The summed E-state index contributed by atoms with van der Waals surface area (Å²) in [6, 6.07) is 5.49. The molecule has 1 aliphatic heterocycles. The number of amides is 2. The summed E-state index contributed by atoms with van der Waals surface area (Å²) in [6.07, 6.45) is 2.66. The first-order valence-electron chi connectivity index (χ1n) is 11.1. The van der Waals surface area contributed by atoms with E-state index in [1.807, 2.05) is 13.8 Å². The van der Waals surface area contributed by atoms with Gasteiger partial charge in [-0.1, -0.05) is 12.1 Å². The van der Waals surface area contributed by atoms with Gasteiger partial charge in [-0.25, -0.2) is 14.2 Å². The summed E-state index contributed by atoms with van der Waals surface area (Å²) < 4.78 is 24.8. The first-order chi connectivity index (χ1) is 15.9. The Balaban J connectivity index is 1.65. The molecule has 2 heterocycles. The number of aliphatic hydroxyl groups is 1. The summed E-state index contributed by atoms with van der Waals surface area (Å²) >= 11 is 0. The molecular weight excluding hydrogens is 441 g/mol. The smallest absolute Gasteiger partial charge is 0.320 e. The molecule has 1 fully saturated rings. The predicted octanol–water partition coefficient (Wildman–Crippen LogP) is 3.73. The molecule has 0 spiro atoms. The van der Waals surface area contributed by atoms with Crippen molar-refractivity contribution < 1.29 is 23.8 Å². The van der Waals surface area contributed by atoms with Crippen LogP contribution < -0.4 is 16.4 Å². The van der Waals surface area contributed by atoms with Gasteiger partial charge in [0.05, 0.1) is 29.4 Å². The minimum atomic E-state index is -1.32. The largest absolute Gasteiger partial charge is 0.474 e. The van der Waals surface area contributed by atoms with E-state index in [-0.39, 0.29) is 35.7 Å². The molecule has 0 aliphatic carbocycles. The van der Waals surface area contributed by atoms with Gasteiger partial charge in [0.15, 0.2) is 0 Å². The van der Waals surface area contributed by atoms with E-state index in [0.717, 1.165) is 0 Å². The van der Waals surface area contributed by atoms with E-state index in [4.69, 9.17) is 20.6 Å². The Bertz CT molecular complexity index is 1020. The monoisotopic (exact) mass is 473 g/mol. The standard InChI is InChI=1S/C24H32FN5O4/c1-13-9-17(10-14(2)33-13)34-22(27)18-12-28-20(11-19(18)26)29-23(31)30-21(24(3,4)32)15-5-7-16(25)8-6-15/h5-8,11-14,17,21,27,32H,9-10H2,1-4H3,(H4,26,28,29,30,31)/t13?,14?,17?,21-/m0/s1. The number of rotatable bonds is 6. The average molecular weight is 474 g/mol. The van der Waals surface area contributed by atoms with E-state index in [1.54, 1.807) is 0 Å². The molecule has 9 nitrogen and oxygen atoms in total. The Morgan fingerprint density at radius 3 is 2.47 bits per heavy atom. The van der Waals surface area contributed by atoms with E-state index in [9.17, 15) is 14.3 Å². The van der Waals surface area contributed by atoms with Gasteiger partial charge in [-0.3, -0.25) is 10.7 Å². The highest BCUT2D eigenvalue weighted by Gasteiger charge is 2.30. The Morgan fingerprint density at radius 1 is 1.29 bits per heavy atom. The van der Waals surface area contributed by atoms with E-state index in [2.05, 4.69) is 15.6 Å². The Labute approximate surface area is 198 Å². The SMILES string of the molecule is CC1CC(OC(=N)c2cnc(NC(=O)N[C@@H](c3ccc(F)cc3)C(C)(C)O)cc2N)CC(C)O1. The number of carbonyl (C=O) groups is 1. The number of nitrogen functional groups attached to an aromatic ring is 1. The van der Waals surface area contributed by atoms with Crippen molar-refractivity contribution in [2.75, 3.05) is 11.1 Å². The number of anilines is 2. The van der Waals surface area contributed by atoms with E-state index in [1.165, 1.54) is 50.4 Å². The third-order valence-electron chi connectivity index (χ3n) is 5.55. The number of hydrogen-bond acceptors (Lipinski definition) is 7. The van der Waals surface area contributed by atoms with Gasteiger partial charge in [0.25, 0.3) is 0 Å². The van der Waals surface area contributed by atoms with Gasteiger partial charge in [0.2, 0.25) is 5.90 Å². The number of halogens is 1. The van der Waals surface area contributed by atoms with Crippen molar-refractivity contribution in [1.29, 1.82) is 5.41 Å². The molecule has 1 aromatic carbocycles. The number of nitrogens with two attached hydrogens (primary N) is 1. The quantitative estimate of drug-likeness (QED) is 0.320. The molecule has 2 amide bonds. The van der Waals surface area contributed by atoms with Crippen molar-refractivity contribution in [1.82, 2.24) is 10.3 Å². The molecule has 6 N–H and O–H groups in total. The van der Waals surface area contributed by atoms with Crippen LogP contribution in [0.25, 0.3) is 0 Å². The fraction of sp³-hybridized carbons (Fsp3) is 0.458.